The van der Waals surface area contributed by atoms with Gasteiger partial charge in [-0.15, -0.1) is 0 Å². The number of carbonyl (C=O) groups is 2. The summed E-state index contributed by atoms with van der Waals surface area (Å²) in [5.74, 6) is 0.661. The van der Waals surface area contributed by atoms with Gasteiger partial charge in [0.1, 0.15) is 5.75 Å². The van der Waals surface area contributed by atoms with Crippen molar-refractivity contribution in [2.75, 3.05) is 25.5 Å². The first-order chi connectivity index (χ1) is 13.1. The molecule has 0 spiro atoms. The molecule has 6 nitrogen and oxygen atoms in total. The van der Waals surface area contributed by atoms with Gasteiger partial charge >= 0.3 is 0 Å². The molecule has 1 fully saturated rings. The van der Waals surface area contributed by atoms with Crippen molar-refractivity contribution in [2.24, 2.45) is 0 Å². The standard InChI is InChI=1S/C20H23N3O3S/c1-14(19(24)22-16-6-8-17(26-2)9-7-16)27-18-10-5-15(13-21-18)20(25)23-11-3-4-12-23/h5-10,13-14H,3-4,11-12H2,1-2H3,(H,22,24). The number of nitrogens with zero attached hydrogens (tertiary/aromatic N) is 2. The van der Waals surface area contributed by atoms with Crippen LogP contribution >= 0.6 is 11.8 Å². The molecular formula is C20H23N3O3S. The normalized spacial score (nSPS) is 14.7. The summed E-state index contributed by atoms with van der Waals surface area (Å²) in [4.78, 5) is 30.9. The summed E-state index contributed by atoms with van der Waals surface area (Å²) in [7, 11) is 1.60. The maximum absolute atomic E-state index is 12.4. The second-order valence-corrected chi connectivity index (χ2v) is 7.72. The van der Waals surface area contributed by atoms with Gasteiger partial charge in [0, 0.05) is 25.0 Å². The third-order valence-electron chi connectivity index (χ3n) is 4.40. The fourth-order valence-corrected chi connectivity index (χ4v) is 3.62. The monoisotopic (exact) mass is 385 g/mol. The molecule has 1 aromatic carbocycles. The van der Waals surface area contributed by atoms with E-state index in [1.54, 1.807) is 49.7 Å². The molecule has 2 amide bonds. The number of pyridine rings is 1. The Kier molecular flexibility index (Phi) is 6.34. The number of hydrogen-bond acceptors (Lipinski definition) is 5. The van der Waals surface area contributed by atoms with Gasteiger partial charge in [-0.3, -0.25) is 9.59 Å². The van der Waals surface area contributed by atoms with Crippen molar-refractivity contribution in [3.8, 4) is 5.75 Å². The van der Waals surface area contributed by atoms with Crippen LogP contribution in [0.15, 0.2) is 47.6 Å². The third kappa shape index (κ3) is 5.01. The van der Waals surface area contributed by atoms with Gasteiger partial charge < -0.3 is 15.0 Å². The van der Waals surface area contributed by atoms with Crippen LogP contribution in [0.1, 0.15) is 30.1 Å². The summed E-state index contributed by atoms with van der Waals surface area (Å²) in [6.07, 6.45) is 3.72. The molecule has 142 valence electrons. The van der Waals surface area contributed by atoms with Gasteiger partial charge in [0.15, 0.2) is 0 Å². The van der Waals surface area contributed by atoms with Crippen molar-refractivity contribution < 1.29 is 14.3 Å². The number of methoxy groups -OCH3 is 1. The number of amides is 2. The van der Waals surface area contributed by atoms with Gasteiger partial charge in [-0.1, -0.05) is 11.8 Å². The highest BCUT2D eigenvalue weighted by Gasteiger charge is 2.20. The van der Waals surface area contributed by atoms with Gasteiger partial charge in [-0.25, -0.2) is 4.98 Å². The number of thioether (sulfide) groups is 1. The molecule has 1 atom stereocenters. The van der Waals surface area contributed by atoms with E-state index in [2.05, 4.69) is 10.3 Å². The largest absolute Gasteiger partial charge is 0.497 e. The molecule has 0 aliphatic carbocycles. The van der Waals surface area contributed by atoms with Crippen LogP contribution in [0.5, 0.6) is 5.75 Å². The lowest BCUT2D eigenvalue weighted by molar-refractivity contribution is -0.115. The number of rotatable bonds is 6. The van der Waals surface area contributed by atoms with Gasteiger partial charge in [-0.2, -0.15) is 0 Å². The number of hydrogen-bond donors (Lipinski definition) is 1. The minimum absolute atomic E-state index is 0.0295. The van der Waals surface area contributed by atoms with Crippen LogP contribution in [0.4, 0.5) is 5.69 Å². The Morgan fingerprint density at radius 1 is 1.15 bits per heavy atom. The van der Waals surface area contributed by atoms with E-state index in [4.69, 9.17) is 4.74 Å². The van der Waals surface area contributed by atoms with Crippen molar-refractivity contribution in [3.63, 3.8) is 0 Å². The Balaban J connectivity index is 1.55. The molecule has 2 aromatic rings. The lowest BCUT2D eigenvalue weighted by atomic mass is 10.2. The Morgan fingerprint density at radius 3 is 2.44 bits per heavy atom. The minimum atomic E-state index is -0.320. The van der Waals surface area contributed by atoms with Crippen molar-refractivity contribution in [2.45, 2.75) is 30.0 Å². The summed E-state index contributed by atoms with van der Waals surface area (Å²) in [6.45, 7) is 3.46. The molecule has 1 unspecified atom stereocenters. The molecule has 1 saturated heterocycles. The average molecular weight is 385 g/mol. The van der Waals surface area contributed by atoms with Crippen molar-refractivity contribution in [1.82, 2.24) is 9.88 Å². The summed E-state index contributed by atoms with van der Waals surface area (Å²) in [5.41, 5.74) is 1.31. The van der Waals surface area contributed by atoms with Gasteiger partial charge in [0.05, 0.1) is 22.9 Å². The van der Waals surface area contributed by atoms with Crippen LogP contribution in [0.2, 0.25) is 0 Å². The zero-order chi connectivity index (χ0) is 19.2. The molecular weight excluding hydrogens is 362 g/mol. The summed E-state index contributed by atoms with van der Waals surface area (Å²) in [5, 5.41) is 3.27. The van der Waals surface area contributed by atoms with Crippen molar-refractivity contribution >= 4 is 29.3 Å². The van der Waals surface area contributed by atoms with E-state index in [9.17, 15) is 9.59 Å². The van der Waals surface area contributed by atoms with E-state index in [0.717, 1.165) is 31.7 Å². The van der Waals surface area contributed by atoms with Crippen molar-refractivity contribution in [3.05, 3.63) is 48.2 Å². The number of nitrogens with one attached hydrogen (secondary N) is 1. The van der Waals surface area contributed by atoms with Gasteiger partial charge in [-0.05, 0) is 56.2 Å². The SMILES string of the molecule is COc1ccc(NC(=O)C(C)Sc2ccc(C(=O)N3CCCC3)cn2)cc1. The van der Waals surface area contributed by atoms with Crippen LogP contribution < -0.4 is 10.1 Å². The Bertz CT molecular complexity index is 787. The van der Waals surface area contributed by atoms with E-state index in [0.29, 0.717) is 16.3 Å². The lowest BCUT2D eigenvalue weighted by Crippen LogP contribution is -2.27. The van der Waals surface area contributed by atoms with Crippen LogP contribution in [-0.2, 0) is 4.79 Å². The van der Waals surface area contributed by atoms with Crippen LogP contribution in [-0.4, -0.2) is 47.1 Å². The van der Waals surface area contributed by atoms with E-state index in [1.165, 1.54) is 11.8 Å². The number of benzene rings is 1. The summed E-state index contributed by atoms with van der Waals surface area (Å²) in [6, 6.07) is 10.8. The third-order valence-corrected chi connectivity index (χ3v) is 5.45. The molecule has 0 bridgehead atoms. The molecule has 1 aliphatic rings. The molecule has 0 saturated carbocycles. The lowest BCUT2D eigenvalue weighted by Gasteiger charge is -2.15. The maximum Gasteiger partial charge on any atom is 0.255 e. The first-order valence-corrected chi connectivity index (χ1v) is 9.81. The molecule has 2 heterocycles. The van der Waals surface area contributed by atoms with Crippen molar-refractivity contribution in [1.29, 1.82) is 0 Å². The molecule has 3 rings (SSSR count). The highest BCUT2D eigenvalue weighted by molar-refractivity contribution is 8.00. The van der Waals surface area contributed by atoms with E-state index in [-0.39, 0.29) is 17.1 Å². The first-order valence-electron chi connectivity index (χ1n) is 8.94. The topological polar surface area (TPSA) is 71.5 Å². The molecule has 0 radical (unpaired) electrons. The summed E-state index contributed by atoms with van der Waals surface area (Å²) < 4.78 is 5.11. The molecule has 27 heavy (non-hydrogen) atoms. The number of anilines is 1. The van der Waals surface area contributed by atoms with E-state index >= 15 is 0 Å². The fraction of sp³-hybridized carbons (Fsp3) is 0.350. The predicted molar refractivity (Wildman–Crippen MR) is 106 cm³/mol. The van der Waals surface area contributed by atoms with Crippen LogP contribution in [0, 0.1) is 0 Å². The molecule has 1 aliphatic heterocycles. The molecule has 7 heteroatoms. The van der Waals surface area contributed by atoms with E-state index in [1.807, 2.05) is 11.8 Å². The van der Waals surface area contributed by atoms with Gasteiger partial charge in [0.25, 0.3) is 5.91 Å². The molecule has 1 N–H and O–H groups in total. The van der Waals surface area contributed by atoms with E-state index < -0.39 is 0 Å². The Morgan fingerprint density at radius 2 is 1.85 bits per heavy atom. The zero-order valence-electron chi connectivity index (χ0n) is 15.5. The second kappa shape index (κ2) is 8.90. The highest BCUT2D eigenvalue weighted by Crippen LogP contribution is 2.23. The number of likely N-dealkylation sites (tertiary alicyclic amines) is 1. The zero-order valence-corrected chi connectivity index (χ0v) is 16.3. The molecule has 1 aromatic heterocycles. The summed E-state index contributed by atoms with van der Waals surface area (Å²) >= 11 is 1.36. The predicted octanol–water partition coefficient (Wildman–Crippen LogP) is 3.45. The maximum atomic E-state index is 12.4. The van der Waals surface area contributed by atoms with Gasteiger partial charge in [0.2, 0.25) is 5.91 Å². The van der Waals surface area contributed by atoms with Crippen LogP contribution in [0.3, 0.4) is 0 Å². The number of carbonyl (C=O) groups excluding carboxylic acids is 2. The van der Waals surface area contributed by atoms with Crippen LogP contribution in [0.25, 0.3) is 0 Å². The Labute approximate surface area is 163 Å². The first kappa shape index (κ1) is 19.2. The number of aromatic nitrogens is 1. The quantitative estimate of drug-likeness (QED) is 0.771. The average Bonchev–Trinajstić information content (AvgIpc) is 3.23. The minimum Gasteiger partial charge on any atom is -0.497 e. The Hall–Kier alpha value is -2.54. The smallest absolute Gasteiger partial charge is 0.255 e. The highest BCUT2D eigenvalue weighted by atomic mass is 32.2. The fourth-order valence-electron chi connectivity index (χ4n) is 2.83. The second-order valence-electron chi connectivity index (χ2n) is 6.36. The number of ether oxygens (including phenoxy) is 1.